The van der Waals surface area contributed by atoms with Crippen LogP contribution in [0.1, 0.15) is 30.2 Å². The molecular weight excluding hydrogens is 276 g/mol. The van der Waals surface area contributed by atoms with Gasteiger partial charge in [0, 0.05) is 18.0 Å². The number of rotatable bonds is 6. The second-order valence-corrected chi connectivity index (χ2v) is 6.00. The summed E-state index contributed by atoms with van der Waals surface area (Å²) in [5, 5.41) is 13.9. The lowest BCUT2D eigenvalue weighted by molar-refractivity contribution is -0.140. The number of thiophene rings is 1. The fourth-order valence-corrected chi connectivity index (χ4v) is 3.27. The topological polar surface area (TPSA) is 69.6 Å². The largest absolute Gasteiger partial charge is 0.480 e. The van der Waals surface area contributed by atoms with Crippen molar-refractivity contribution in [3.8, 4) is 0 Å². The molecule has 5 nitrogen and oxygen atoms in total. The van der Waals surface area contributed by atoms with Crippen LogP contribution < -0.4 is 5.32 Å². The Morgan fingerprint density at radius 3 is 3.05 bits per heavy atom. The SMILES string of the molecule is CCC[C@H](NCC(=O)N1CCc2sccc2C1)C(=O)O. The molecule has 1 aliphatic rings. The molecule has 0 fully saturated rings. The summed E-state index contributed by atoms with van der Waals surface area (Å²) in [5.41, 5.74) is 1.22. The van der Waals surface area contributed by atoms with Crippen LogP contribution in [0.4, 0.5) is 0 Å². The summed E-state index contributed by atoms with van der Waals surface area (Å²) >= 11 is 1.74. The van der Waals surface area contributed by atoms with Crippen LogP contribution in [-0.2, 0) is 22.6 Å². The number of carbonyl (C=O) groups is 2. The molecule has 0 aliphatic carbocycles. The molecule has 2 heterocycles. The average Bonchev–Trinajstić information content (AvgIpc) is 2.89. The van der Waals surface area contributed by atoms with E-state index in [4.69, 9.17) is 5.11 Å². The fourth-order valence-electron chi connectivity index (χ4n) is 2.39. The highest BCUT2D eigenvalue weighted by Crippen LogP contribution is 2.23. The monoisotopic (exact) mass is 296 g/mol. The quantitative estimate of drug-likeness (QED) is 0.834. The molecule has 0 spiro atoms. The van der Waals surface area contributed by atoms with Crippen molar-refractivity contribution in [1.82, 2.24) is 10.2 Å². The van der Waals surface area contributed by atoms with Crippen LogP contribution in [0, 0.1) is 0 Å². The zero-order valence-corrected chi connectivity index (χ0v) is 12.4. The van der Waals surface area contributed by atoms with Gasteiger partial charge in [-0.2, -0.15) is 0 Å². The summed E-state index contributed by atoms with van der Waals surface area (Å²) in [6.07, 6.45) is 2.22. The number of amides is 1. The maximum atomic E-state index is 12.1. The van der Waals surface area contributed by atoms with E-state index >= 15 is 0 Å². The van der Waals surface area contributed by atoms with E-state index in [2.05, 4.69) is 16.8 Å². The molecule has 1 aromatic rings. The van der Waals surface area contributed by atoms with Crippen LogP contribution in [0.5, 0.6) is 0 Å². The van der Waals surface area contributed by atoms with E-state index < -0.39 is 12.0 Å². The van der Waals surface area contributed by atoms with Crippen molar-refractivity contribution < 1.29 is 14.7 Å². The number of carboxylic acids is 1. The van der Waals surface area contributed by atoms with Crippen molar-refractivity contribution >= 4 is 23.2 Å². The molecule has 0 radical (unpaired) electrons. The predicted molar refractivity (Wildman–Crippen MR) is 77.8 cm³/mol. The van der Waals surface area contributed by atoms with Crippen molar-refractivity contribution in [1.29, 1.82) is 0 Å². The number of fused-ring (bicyclic) bond motifs is 1. The minimum absolute atomic E-state index is 0.0239. The molecule has 20 heavy (non-hydrogen) atoms. The third kappa shape index (κ3) is 3.58. The minimum atomic E-state index is -0.890. The summed E-state index contributed by atoms with van der Waals surface area (Å²) < 4.78 is 0. The number of hydrogen-bond donors (Lipinski definition) is 2. The van der Waals surface area contributed by atoms with E-state index in [1.54, 1.807) is 16.2 Å². The number of aliphatic carboxylic acids is 1. The lowest BCUT2D eigenvalue weighted by atomic mass is 10.1. The Morgan fingerprint density at radius 1 is 1.55 bits per heavy atom. The fraction of sp³-hybridized carbons (Fsp3) is 0.571. The van der Waals surface area contributed by atoms with Gasteiger partial charge >= 0.3 is 5.97 Å². The first-order chi connectivity index (χ1) is 9.61. The van der Waals surface area contributed by atoms with Crippen molar-refractivity contribution in [3.05, 3.63) is 21.9 Å². The standard InChI is InChI=1S/C14H20N2O3S/c1-2-3-11(14(18)19)15-8-13(17)16-6-4-12-10(9-16)5-7-20-12/h5,7,11,15H,2-4,6,8-9H2,1H3,(H,18,19)/t11-/m0/s1. The van der Waals surface area contributed by atoms with Crippen molar-refractivity contribution in [2.45, 2.75) is 38.8 Å². The first-order valence-corrected chi connectivity index (χ1v) is 7.79. The summed E-state index contributed by atoms with van der Waals surface area (Å²) in [5.74, 6) is -0.914. The van der Waals surface area contributed by atoms with Gasteiger partial charge < -0.3 is 10.0 Å². The summed E-state index contributed by atoms with van der Waals surface area (Å²) in [7, 11) is 0. The molecule has 1 aromatic heterocycles. The number of carboxylic acid groups (broad SMARTS) is 1. The zero-order valence-electron chi connectivity index (χ0n) is 11.6. The van der Waals surface area contributed by atoms with Gasteiger partial charge in [-0.1, -0.05) is 13.3 Å². The molecule has 0 unspecified atom stereocenters. The molecule has 1 atom stereocenters. The Hall–Kier alpha value is -1.40. The van der Waals surface area contributed by atoms with Gasteiger partial charge in [0.25, 0.3) is 0 Å². The Kier molecular flexibility index (Phi) is 5.14. The molecular formula is C14H20N2O3S. The van der Waals surface area contributed by atoms with Gasteiger partial charge in [0.15, 0.2) is 0 Å². The second kappa shape index (κ2) is 6.85. The van der Waals surface area contributed by atoms with E-state index in [1.807, 2.05) is 6.92 Å². The highest BCUT2D eigenvalue weighted by molar-refractivity contribution is 7.10. The van der Waals surface area contributed by atoms with Crippen LogP contribution in [0.25, 0.3) is 0 Å². The Balaban J connectivity index is 1.85. The van der Waals surface area contributed by atoms with E-state index in [0.29, 0.717) is 13.0 Å². The van der Waals surface area contributed by atoms with E-state index in [1.165, 1.54) is 10.4 Å². The smallest absolute Gasteiger partial charge is 0.320 e. The zero-order chi connectivity index (χ0) is 14.5. The van der Waals surface area contributed by atoms with Crippen LogP contribution in [0.15, 0.2) is 11.4 Å². The number of nitrogens with zero attached hydrogens (tertiary/aromatic N) is 1. The minimum Gasteiger partial charge on any atom is -0.480 e. The second-order valence-electron chi connectivity index (χ2n) is 4.99. The third-order valence-corrected chi connectivity index (χ3v) is 4.56. The molecule has 1 aliphatic heterocycles. The maximum Gasteiger partial charge on any atom is 0.320 e. The van der Waals surface area contributed by atoms with Crippen LogP contribution in [0.2, 0.25) is 0 Å². The molecule has 0 saturated heterocycles. The number of carbonyl (C=O) groups excluding carboxylic acids is 1. The van der Waals surface area contributed by atoms with Gasteiger partial charge in [-0.3, -0.25) is 14.9 Å². The van der Waals surface area contributed by atoms with Gasteiger partial charge in [0.2, 0.25) is 5.91 Å². The lowest BCUT2D eigenvalue weighted by Crippen LogP contribution is -2.45. The van der Waals surface area contributed by atoms with Gasteiger partial charge in [-0.25, -0.2) is 0 Å². The summed E-state index contributed by atoms with van der Waals surface area (Å²) in [6, 6.07) is 1.43. The maximum absolute atomic E-state index is 12.1. The molecule has 0 saturated carbocycles. The summed E-state index contributed by atoms with van der Waals surface area (Å²) in [4.78, 5) is 26.3. The van der Waals surface area contributed by atoms with Crippen molar-refractivity contribution in [2.24, 2.45) is 0 Å². The number of nitrogens with one attached hydrogen (secondary N) is 1. The molecule has 2 N–H and O–H groups in total. The first-order valence-electron chi connectivity index (χ1n) is 6.91. The van der Waals surface area contributed by atoms with E-state index in [0.717, 1.165) is 19.4 Å². The normalized spacial score (nSPS) is 15.8. The highest BCUT2D eigenvalue weighted by Gasteiger charge is 2.23. The summed E-state index contributed by atoms with van der Waals surface area (Å²) in [6.45, 7) is 3.39. The van der Waals surface area contributed by atoms with E-state index in [9.17, 15) is 9.59 Å². The highest BCUT2D eigenvalue weighted by atomic mass is 32.1. The Morgan fingerprint density at radius 2 is 2.35 bits per heavy atom. The molecule has 1 amide bonds. The molecule has 6 heteroatoms. The Bertz CT molecular complexity index is 487. The van der Waals surface area contributed by atoms with Gasteiger partial charge in [-0.05, 0) is 29.9 Å². The molecule has 0 aromatic carbocycles. The molecule has 110 valence electrons. The average molecular weight is 296 g/mol. The van der Waals surface area contributed by atoms with Gasteiger partial charge in [0.1, 0.15) is 6.04 Å². The van der Waals surface area contributed by atoms with E-state index in [-0.39, 0.29) is 12.5 Å². The molecule has 2 rings (SSSR count). The number of hydrogen-bond acceptors (Lipinski definition) is 4. The van der Waals surface area contributed by atoms with Crippen molar-refractivity contribution in [3.63, 3.8) is 0 Å². The Labute approximate surface area is 122 Å². The van der Waals surface area contributed by atoms with Gasteiger partial charge in [0.05, 0.1) is 6.54 Å². The third-order valence-electron chi connectivity index (χ3n) is 3.54. The van der Waals surface area contributed by atoms with Crippen molar-refractivity contribution in [2.75, 3.05) is 13.1 Å². The predicted octanol–water partition coefficient (Wildman–Crippen LogP) is 1.48. The van der Waals surface area contributed by atoms with Gasteiger partial charge in [-0.15, -0.1) is 11.3 Å². The van der Waals surface area contributed by atoms with Crippen LogP contribution in [-0.4, -0.2) is 41.0 Å². The van der Waals surface area contributed by atoms with Crippen LogP contribution in [0.3, 0.4) is 0 Å². The molecule has 0 bridgehead atoms. The first kappa shape index (κ1) is 15.0. The lowest BCUT2D eigenvalue weighted by Gasteiger charge is -2.27. The van der Waals surface area contributed by atoms with Crippen LogP contribution >= 0.6 is 11.3 Å².